The SMILES string of the molecule is [B-][P@]1(=O)OC[C@H]2O[C@@H](n3cnc4c(N)ncnc43)[C@H](F)[C@@H]2O[P@@](=O)(SCc2ccc(OCCOCCOCCn3nnc4c3-c3ccccc3CN(C(=O)CCC)c3ccccc3-4)cc2)OC[C@H]2O[C@@H](n3cnc4c(N)ncnc43)[C@H](F)[C@@H]2O1. The van der Waals surface area contributed by atoms with Crippen molar-refractivity contribution in [3.63, 3.8) is 0 Å². The van der Waals surface area contributed by atoms with E-state index in [9.17, 15) is 9.36 Å². The van der Waals surface area contributed by atoms with Crippen LogP contribution in [0.4, 0.5) is 26.1 Å². The van der Waals surface area contributed by atoms with Crippen LogP contribution in [0.15, 0.2) is 98.1 Å². The summed E-state index contributed by atoms with van der Waals surface area (Å²) in [5.41, 5.74) is 18.3. The number of para-hydroxylation sites is 1. The first-order valence-electron chi connectivity index (χ1n) is 26.8. The molecule has 32 heteroatoms. The Hall–Kier alpha value is -6.82. The summed E-state index contributed by atoms with van der Waals surface area (Å²) in [7, 11) is 1.35. The quantitative estimate of drug-likeness (QED) is 0.0520. The van der Waals surface area contributed by atoms with Crippen molar-refractivity contribution in [1.29, 1.82) is 0 Å². The number of ether oxygens (including phenoxy) is 5. The average molecular weight is 1210 g/mol. The molecule has 3 saturated heterocycles. The molecule has 1 amide bonds. The number of benzene rings is 3. The van der Waals surface area contributed by atoms with Crippen LogP contribution in [0.3, 0.4) is 0 Å². The maximum Gasteiger partial charge on any atom is 0.389 e. The monoisotopic (exact) mass is 1210 g/mol. The summed E-state index contributed by atoms with van der Waals surface area (Å²) in [6, 6.07) is 22.7. The van der Waals surface area contributed by atoms with Gasteiger partial charge in [-0.3, -0.25) is 23.0 Å². The number of amides is 1. The van der Waals surface area contributed by atoms with Crippen molar-refractivity contribution in [2.24, 2.45) is 0 Å². The van der Waals surface area contributed by atoms with Gasteiger partial charge < -0.3 is 61.2 Å². The van der Waals surface area contributed by atoms with Crippen LogP contribution in [0.1, 0.15) is 43.3 Å². The lowest BCUT2D eigenvalue weighted by atomic mass is 9.95. The fourth-order valence-electron chi connectivity index (χ4n) is 10.3. The number of nitrogen functional groups attached to an aromatic ring is 2. The molecule has 84 heavy (non-hydrogen) atoms. The van der Waals surface area contributed by atoms with Crippen LogP contribution in [0, 0.1) is 0 Å². The molecule has 4 N–H and O–H groups in total. The lowest BCUT2D eigenvalue weighted by Gasteiger charge is -2.35. The Labute approximate surface area is 483 Å². The van der Waals surface area contributed by atoms with Crippen LogP contribution in [-0.4, -0.2) is 151 Å². The summed E-state index contributed by atoms with van der Waals surface area (Å²) in [4.78, 5) is 39.9. The molecule has 10 atom stereocenters. The highest BCUT2D eigenvalue weighted by Gasteiger charge is 2.54. The lowest BCUT2D eigenvalue weighted by Crippen LogP contribution is -2.37. The first-order chi connectivity index (χ1) is 40.8. The molecule has 0 saturated carbocycles. The zero-order valence-corrected chi connectivity index (χ0v) is 47.5. The number of anilines is 3. The van der Waals surface area contributed by atoms with Gasteiger partial charge in [-0.2, -0.15) is 0 Å². The van der Waals surface area contributed by atoms with Crippen molar-refractivity contribution in [3.8, 4) is 28.3 Å². The first-order valence-corrected chi connectivity index (χ1v) is 31.5. The van der Waals surface area contributed by atoms with E-state index in [4.69, 9.17) is 60.8 Å². The molecule has 26 nitrogen and oxygen atoms in total. The predicted molar refractivity (Wildman–Crippen MR) is 302 cm³/mol. The Balaban J connectivity index is 0.669. The molecule has 0 aliphatic carbocycles. The van der Waals surface area contributed by atoms with E-state index in [1.807, 2.05) is 65.0 Å². The van der Waals surface area contributed by atoms with Crippen molar-refractivity contribution in [3.05, 3.63) is 109 Å². The molecule has 3 aromatic carbocycles. The summed E-state index contributed by atoms with van der Waals surface area (Å²) in [5, 5.41) is 9.16. The van der Waals surface area contributed by atoms with Gasteiger partial charge in [0.2, 0.25) is 5.91 Å². The van der Waals surface area contributed by atoms with E-state index in [-0.39, 0.29) is 58.8 Å². The van der Waals surface area contributed by atoms with Gasteiger partial charge in [0.1, 0.15) is 66.2 Å². The lowest BCUT2D eigenvalue weighted by molar-refractivity contribution is -0.118. The molecule has 3 fully saturated rings. The molecule has 0 spiro atoms. The number of nitrogens with zero attached hydrogens (tertiary/aromatic N) is 12. The number of fused-ring (bicyclic) bond motifs is 9. The number of halogens is 2. The van der Waals surface area contributed by atoms with Gasteiger partial charge in [-0.1, -0.05) is 66.7 Å². The number of hydrogen-bond acceptors (Lipinski definition) is 23. The highest BCUT2D eigenvalue weighted by molar-refractivity contribution is 8.54. The summed E-state index contributed by atoms with van der Waals surface area (Å²) < 4.78 is 120. The number of carbonyl (C=O) groups excluding carboxylic acids is 1. The normalized spacial score (nSPS) is 26.1. The standard InChI is InChI=1S/C52H55BF2N14O12P2S/c1-2-7-38(70)66-22-31-8-3-4-9-33(31)44-41(34-10-5-6-11-35(34)66)64-65-69(44)16-17-73-18-19-74-20-21-75-32-14-12-30(13-15-32)25-84-83(72)77-24-37-45(39(54)51(79-37)67-28-62-42-47(56)58-26-60-49(42)67)80-82(53,71)76-23-36-46(81-83)40(55)52(78-36)68-29-63-43-48(57)59-27-61-50(43)68/h3-6,8-15,26-29,36-37,39-40,45-46,51-52H,2,7,16-25H2,1H3,(H2,56,58,60)(H2,57,59,61)/q-1/t36-,37-,39-,40-,45-,46-,51-,52-,82+,83+/m1/s1. The molecule has 5 aromatic heterocycles. The third kappa shape index (κ3) is 11.8. The van der Waals surface area contributed by atoms with Gasteiger partial charge in [0, 0.05) is 23.3 Å². The van der Waals surface area contributed by atoms with E-state index in [2.05, 4.69) is 40.2 Å². The van der Waals surface area contributed by atoms with E-state index in [0.717, 1.165) is 52.2 Å². The maximum absolute atomic E-state index is 17.0. The fourth-order valence-corrected chi connectivity index (χ4v) is 14.7. The Morgan fingerprint density at radius 3 is 2.04 bits per heavy atom. The van der Waals surface area contributed by atoms with Gasteiger partial charge in [-0.25, -0.2) is 47.9 Å². The number of rotatable bonds is 17. The molecule has 3 radical (unpaired) electrons. The van der Waals surface area contributed by atoms with Crippen molar-refractivity contribution in [1.82, 2.24) is 54.0 Å². The van der Waals surface area contributed by atoms with Crippen LogP contribution < -0.4 is 21.1 Å². The highest BCUT2D eigenvalue weighted by atomic mass is 32.7. The van der Waals surface area contributed by atoms with E-state index < -0.39 is 76.7 Å². The van der Waals surface area contributed by atoms with Crippen LogP contribution >= 0.6 is 25.7 Å². The largest absolute Gasteiger partial charge is 0.491 e. The number of hydrogen-bond donors (Lipinski definition) is 2. The third-order valence-electron chi connectivity index (χ3n) is 14.4. The van der Waals surface area contributed by atoms with Crippen LogP contribution in [0.5, 0.6) is 5.75 Å². The summed E-state index contributed by atoms with van der Waals surface area (Å²) in [6.07, 6.45) is -7.67. The molecule has 9 heterocycles. The van der Waals surface area contributed by atoms with Crippen molar-refractivity contribution < 1.29 is 64.5 Å². The third-order valence-corrected chi connectivity index (χ3v) is 19.1. The number of imidazole rings is 2. The Morgan fingerprint density at radius 1 is 0.750 bits per heavy atom. The summed E-state index contributed by atoms with van der Waals surface area (Å²) in [6.45, 7) is -1.67. The molecule has 12 rings (SSSR count). The highest BCUT2D eigenvalue weighted by Crippen LogP contribution is 2.65. The van der Waals surface area contributed by atoms with Crippen molar-refractivity contribution in [2.45, 2.75) is 87.8 Å². The zero-order chi connectivity index (χ0) is 58.1. The second kappa shape index (κ2) is 24.6. The van der Waals surface area contributed by atoms with Gasteiger partial charge in [0.15, 0.2) is 47.7 Å². The molecule has 8 aromatic rings. The van der Waals surface area contributed by atoms with Gasteiger partial charge in [0.05, 0.1) is 84.2 Å². The summed E-state index contributed by atoms with van der Waals surface area (Å²) >= 11 is 0.720. The fraction of sp³-hybridized carbons (Fsp3) is 0.404. The Kier molecular flexibility index (Phi) is 16.9. The van der Waals surface area contributed by atoms with E-state index in [1.165, 1.54) is 28.1 Å². The summed E-state index contributed by atoms with van der Waals surface area (Å²) in [5.74, 6) is 0.623. The topological polar surface area (TPSA) is 307 Å². The maximum atomic E-state index is 17.0. The van der Waals surface area contributed by atoms with Crippen molar-refractivity contribution >= 4 is 78.8 Å². The number of nitrogens with two attached hydrogens (primary N) is 2. The van der Waals surface area contributed by atoms with Crippen LogP contribution in [0.25, 0.3) is 44.8 Å². The van der Waals surface area contributed by atoms with Crippen LogP contribution in [0.2, 0.25) is 0 Å². The van der Waals surface area contributed by atoms with Crippen LogP contribution in [-0.2, 0) is 69.8 Å². The zero-order valence-electron chi connectivity index (χ0n) is 44.9. The first kappa shape index (κ1) is 57.6. The second-order valence-corrected chi connectivity index (χ2v) is 25.4. The van der Waals surface area contributed by atoms with Gasteiger partial charge in [-0.15, -0.1) is 5.10 Å². The molecule has 4 aliphatic heterocycles. The number of alkyl halides is 2. The molecular weight excluding hydrogens is 1160 g/mol. The number of carbonyl (C=O) groups is 1. The molecule has 4 aliphatic rings. The number of aromatic nitrogens is 11. The minimum atomic E-state index is -4.70. The van der Waals surface area contributed by atoms with E-state index in [1.54, 1.807) is 24.3 Å². The molecule has 0 unspecified atom stereocenters. The minimum Gasteiger partial charge on any atom is -0.491 e. The Bertz CT molecular complexity index is 3780. The van der Waals surface area contributed by atoms with Gasteiger partial charge in [-0.05, 0) is 47.1 Å². The van der Waals surface area contributed by atoms with Crippen molar-refractivity contribution in [2.75, 3.05) is 62.6 Å². The molecular formula is C52H55BF2N14O12P2S-. The average Bonchev–Trinajstić information content (AvgIpc) is 2.21. The minimum absolute atomic E-state index is 0.00121. The smallest absolute Gasteiger partial charge is 0.389 e. The molecule has 0 bridgehead atoms. The predicted octanol–water partition coefficient (Wildman–Crippen LogP) is 7.12. The Morgan fingerprint density at radius 2 is 1.36 bits per heavy atom. The molecule has 439 valence electrons. The van der Waals surface area contributed by atoms with E-state index >= 15 is 13.3 Å². The van der Waals surface area contributed by atoms with Gasteiger partial charge >= 0.3 is 6.80 Å². The van der Waals surface area contributed by atoms with Gasteiger partial charge in [0.25, 0.3) is 0 Å². The van der Waals surface area contributed by atoms with E-state index in [0.29, 0.717) is 56.3 Å². The second-order valence-electron chi connectivity index (χ2n) is 19.8.